The van der Waals surface area contributed by atoms with Crippen LogP contribution in [0.25, 0.3) is 11.0 Å². The Labute approximate surface area is 197 Å². The van der Waals surface area contributed by atoms with Gasteiger partial charge in [0.2, 0.25) is 0 Å². The van der Waals surface area contributed by atoms with Gasteiger partial charge < -0.3 is 10.6 Å². The molecule has 0 radical (unpaired) electrons. The van der Waals surface area contributed by atoms with Crippen LogP contribution in [-0.2, 0) is 10.0 Å². The summed E-state index contributed by atoms with van der Waals surface area (Å²) < 4.78 is 28.5. The Morgan fingerprint density at radius 2 is 0.971 bits per heavy atom. The van der Waals surface area contributed by atoms with E-state index in [1.165, 1.54) is 12.1 Å². The minimum Gasteiger partial charge on any atom is -0.356 e. The number of nitrogens with one attached hydrogen (secondary N) is 3. The van der Waals surface area contributed by atoms with Crippen LogP contribution in [0.1, 0.15) is 0 Å². The Hall–Kier alpha value is -4.43. The van der Waals surface area contributed by atoms with Gasteiger partial charge in [-0.3, -0.25) is 4.72 Å². The van der Waals surface area contributed by atoms with E-state index in [0.29, 0.717) is 16.9 Å². The second-order valence-corrected chi connectivity index (χ2v) is 9.20. The van der Waals surface area contributed by atoms with Crippen LogP contribution < -0.4 is 15.4 Å². The van der Waals surface area contributed by atoms with E-state index >= 15 is 0 Å². The van der Waals surface area contributed by atoms with Crippen molar-refractivity contribution in [2.75, 3.05) is 15.4 Å². The van der Waals surface area contributed by atoms with Crippen LogP contribution in [0.15, 0.2) is 114 Å². The maximum atomic E-state index is 12.9. The average Bonchev–Trinajstić information content (AvgIpc) is 2.86. The van der Waals surface area contributed by atoms with Gasteiger partial charge in [0, 0.05) is 17.1 Å². The van der Waals surface area contributed by atoms with Gasteiger partial charge in [0.25, 0.3) is 10.0 Å². The Balaban J connectivity index is 1.45. The third kappa shape index (κ3) is 4.82. The van der Waals surface area contributed by atoms with Crippen molar-refractivity contribution in [1.29, 1.82) is 0 Å². The molecule has 168 valence electrons. The highest BCUT2D eigenvalue weighted by atomic mass is 32.2. The van der Waals surface area contributed by atoms with Crippen LogP contribution >= 0.6 is 0 Å². The van der Waals surface area contributed by atoms with E-state index in [1.54, 1.807) is 24.3 Å². The van der Waals surface area contributed by atoms with Crippen molar-refractivity contribution in [3.8, 4) is 0 Å². The first-order chi connectivity index (χ1) is 16.6. The lowest BCUT2D eigenvalue weighted by molar-refractivity contribution is 0.601. The molecule has 0 aliphatic carbocycles. The van der Waals surface area contributed by atoms with E-state index in [9.17, 15) is 8.42 Å². The fourth-order valence-electron chi connectivity index (χ4n) is 3.41. The van der Waals surface area contributed by atoms with Gasteiger partial charge in [-0.05, 0) is 60.7 Å². The molecule has 7 nitrogen and oxygen atoms in total. The van der Waals surface area contributed by atoms with E-state index in [0.717, 1.165) is 17.1 Å². The van der Waals surface area contributed by atoms with Gasteiger partial charge in [0.15, 0.2) is 11.6 Å². The highest BCUT2D eigenvalue weighted by Crippen LogP contribution is 2.28. The molecule has 0 unspecified atom stereocenters. The van der Waals surface area contributed by atoms with Crippen molar-refractivity contribution in [3.63, 3.8) is 0 Å². The maximum absolute atomic E-state index is 12.9. The predicted molar refractivity (Wildman–Crippen MR) is 136 cm³/mol. The number of anilines is 5. The molecule has 0 spiro atoms. The van der Waals surface area contributed by atoms with Crippen molar-refractivity contribution < 1.29 is 8.42 Å². The van der Waals surface area contributed by atoms with E-state index in [1.807, 2.05) is 72.8 Å². The van der Waals surface area contributed by atoms with Crippen LogP contribution in [0.2, 0.25) is 0 Å². The largest absolute Gasteiger partial charge is 0.356 e. The van der Waals surface area contributed by atoms with Gasteiger partial charge in [-0.2, -0.15) is 0 Å². The van der Waals surface area contributed by atoms with E-state index in [2.05, 4.69) is 25.3 Å². The number of nitrogens with zero attached hydrogens (tertiary/aromatic N) is 2. The molecule has 8 heteroatoms. The summed E-state index contributed by atoms with van der Waals surface area (Å²) in [4.78, 5) is 9.30. The summed E-state index contributed by atoms with van der Waals surface area (Å²) in [5.74, 6) is 0.427. The zero-order valence-electron chi connectivity index (χ0n) is 18.0. The summed E-state index contributed by atoms with van der Waals surface area (Å²) in [5.41, 5.74) is 3.88. The number of hydrogen-bond donors (Lipinski definition) is 3. The molecule has 1 heterocycles. The molecule has 4 aromatic carbocycles. The molecular weight excluding hydrogens is 446 g/mol. The van der Waals surface area contributed by atoms with Crippen molar-refractivity contribution in [1.82, 2.24) is 9.97 Å². The molecular formula is C26H21N5O2S. The van der Waals surface area contributed by atoms with Gasteiger partial charge in [-0.1, -0.05) is 48.5 Å². The molecule has 1 aromatic heterocycles. The fraction of sp³-hybridized carbons (Fsp3) is 0. The molecule has 0 aliphatic heterocycles. The van der Waals surface area contributed by atoms with Gasteiger partial charge in [-0.15, -0.1) is 0 Å². The molecule has 5 rings (SSSR count). The average molecular weight is 468 g/mol. The zero-order chi connectivity index (χ0) is 23.4. The second kappa shape index (κ2) is 9.21. The van der Waals surface area contributed by atoms with E-state index in [4.69, 9.17) is 0 Å². The van der Waals surface area contributed by atoms with Crippen LogP contribution in [0.3, 0.4) is 0 Å². The first kappa shape index (κ1) is 21.4. The minimum absolute atomic E-state index is 0.119. The molecule has 0 bridgehead atoms. The van der Waals surface area contributed by atoms with Crippen molar-refractivity contribution in [3.05, 3.63) is 109 Å². The quantitative estimate of drug-likeness (QED) is 0.275. The fourth-order valence-corrected chi connectivity index (χ4v) is 4.44. The van der Waals surface area contributed by atoms with Gasteiger partial charge in [-0.25, -0.2) is 18.4 Å². The number of hydrogen-bond acceptors (Lipinski definition) is 6. The van der Waals surface area contributed by atoms with Gasteiger partial charge >= 0.3 is 0 Å². The number of fused-ring (bicyclic) bond motifs is 1. The number of sulfonamides is 1. The normalized spacial score (nSPS) is 11.2. The Bertz CT molecular complexity index is 1520. The lowest BCUT2D eigenvalue weighted by Crippen LogP contribution is -2.16. The third-order valence-corrected chi connectivity index (χ3v) is 6.42. The molecule has 5 aromatic rings. The number of rotatable bonds is 7. The molecule has 0 fully saturated rings. The van der Waals surface area contributed by atoms with E-state index in [-0.39, 0.29) is 10.7 Å². The molecule has 3 N–H and O–H groups in total. The summed E-state index contributed by atoms with van der Waals surface area (Å²) in [6.45, 7) is 0. The number of para-hydroxylation sites is 3. The van der Waals surface area contributed by atoms with Crippen molar-refractivity contribution >= 4 is 49.8 Å². The number of aromatic nitrogens is 2. The van der Waals surface area contributed by atoms with Crippen LogP contribution in [0.4, 0.5) is 28.7 Å². The van der Waals surface area contributed by atoms with Gasteiger partial charge in [0.05, 0.1) is 15.9 Å². The summed E-state index contributed by atoms with van der Waals surface area (Å²) in [7, 11) is -3.84. The summed E-state index contributed by atoms with van der Waals surface area (Å²) in [6.07, 6.45) is 0. The highest BCUT2D eigenvalue weighted by Gasteiger charge is 2.18. The highest BCUT2D eigenvalue weighted by molar-refractivity contribution is 7.92. The third-order valence-electron chi connectivity index (χ3n) is 5.07. The monoisotopic (exact) mass is 467 g/mol. The SMILES string of the molecule is O=S(=O)(Nc1nc2ccccc2nc1Nc1ccc(Nc2ccccc2)cc1)c1ccccc1. The first-order valence-corrected chi connectivity index (χ1v) is 12.1. The van der Waals surface area contributed by atoms with E-state index < -0.39 is 10.0 Å². The summed E-state index contributed by atoms with van der Waals surface area (Å²) in [6, 6.07) is 33.0. The maximum Gasteiger partial charge on any atom is 0.263 e. The smallest absolute Gasteiger partial charge is 0.263 e. The molecule has 0 amide bonds. The number of benzene rings is 4. The molecule has 0 saturated heterocycles. The predicted octanol–water partition coefficient (Wildman–Crippen LogP) is 5.92. The minimum atomic E-state index is -3.84. The first-order valence-electron chi connectivity index (χ1n) is 10.6. The topological polar surface area (TPSA) is 96.0 Å². The Morgan fingerprint density at radius 1 is 0.500 bits per heavy atom. The lowest BCUT2D eigenvalue weighted by Gasteiger charge is -2.14. The van der Waals surface area contributed by atoms with Gasteiger partial charge in [0.1, 0.15) is 0 Å². The Kier molecular flexibility index (Phi) is 5.80. The van der Waals surface area contributed by atoms with Crippen LogP contribution in [0.5, 0.6) is 0 Å². The molecule has 34 heavy (non-hydrogen) atoms. The molecule has 0 atom stereocenters. The second-order valence-electron chi connectivity index (χ2n) is 7.52. The standard InChI is InChI=1S/C26H21N5O2S/c32-34(33,22-11-5-2-6-12-22)31-26-25(29-23-13-7-8-14-24(23)30-26)28-21-17-15-20(16-18-21)27-19-9-3-1-4-10-19/h1-18,27H,(H,28,29)(H,30,31). The molecule has 0 saturated carbocycles. The summed E-state index contributed by atoms with van der Waals surface area (Å²) in [5, 5.41) is 6.53. The van der Waals surface area contributed by atoms with Crippen LogP contribution in [0, 0.1) is 0 Å². The van der Waals surface area contributed by atoms with Crippen molar-refractivity contribution in [2.24, 2.45) is 0 Å². The zero-order valence-corrected chi connectivity index (χ0v) is 18.8. The van der Waals surface area contributed by atoms with Crippen LogP contribution in [-0.4, -0.2) is 18.4 Å². The Morgan fingerprint density at radius 3 is 1.59 bits per heavy atom. The summed E-state index contributed by atoms with van der Waals surface area (Å²) >= 11 is 0. The van der Waals surface area contributed by atoms with Crippen molar-refractivity contribution in [2.45, 2.75) is 4.90 Å². The lowest BCUT2D eigenvalue weighted by atomic mass is 10.2. The molecule has 0 aliphatic rings.